The van der Waals surface area contributed by atoms with Crippen LogP contribution in [0.2, 0.25) is 10.0 Å². The number of aliphatic hydroxyl groups is 2. The number of β-amino-alcohol motifs (C(OH)–C–C–N with tert-alkyl or cyclic N) is 1. The molecule has 0 bridgehead atoms. The number of nitrogens with zero attached hydrogens (tertiary/aromatic N) is 2. The fraction of sp³-hybridized carbons (Fsp3) is 0.400. The van der Waals surface area contributed by atoms with Gasteiger partial charge in [0.15, 0.2) is 0 Å². The number of halogens is 3. The molecule has 3 heterocycles. The number of aliphatic hydroxyl groups excluding tert-OH is 1. The third kappa shape index (κ3) is 4.05. The molecule has 0 unspecified atom stereocenters. The molecule has 1 aromatic heterocycles. The van der Waals surface area contributed by atoms with E-state index in [1.807, 2.05) is 0 Å². The van der Waals surface area contributed by atoms with Gasteiger partial charge in [-0.25, -0.2) is 9.37 Å². The number of anilines is 2. The fourth-order valence-corrected chi connectivity index (χ4v) is 4.23. The zero-order valence-electron chi connectivity index (χ0n) is 15.9. The third-order valence-electron chi connectivity index (χ3n) is 5.48. The molecule has 0 aliphatic carbocycles. The molecule has 0 spiro atoms. The molecular weight excluding hydrogens is 436 g/mol. The zero-order valence-corrected chi connectivity index (χ0v) is 17.4. The Labute approximate surface area is 182 Å². The molecular formula is C20H20Cl2FN3O4. The van der Waals surface area contributed by atoms with E-state index in [0.29, 0.717) is 40.1 Å². The molecule has 160 valence electrons. The minimum atomic E-state index is -1.51. The van der Waals surface area contributed by atoms with E-state index in [2.05, 4.69) is 10.3 Å². The minimum absolute atomic E-state index is 0.103. The Bertz CT molecular complexity index is 993. The van der Waals surface area contributed by atoms with Gasteiger partial charge in [0, 0.05) is 31.3 Å². The van der Waals surface area contributed by atoms with E-state index in [4.69, 9.17) is 27.9 Å². The van der Waals surface area contributed by atoms with Crippen molar-refractivity contribution < 1.29 is 24.1 Å². The maximum Gasteiger partial charge on any atom is 0.224 e. The molecule has 1 aromatic carbocycles. The summed E-state index contributed by atoms with van der Waals surface area (Å²) >= 11 is 12.1. The molecule has 1 amide bonds. The van der Waals surface area contributed by atoms with E-state index in [1.54, 1.807) is 11.0 Å². The van der Waals surface area contributed by atoms with Gasteiger partial charge in [0.05, 0.1) is 15.7 Å². The van der Waals surface area contributed by atoms with Crippen LogP contribution in [-0.4, -0.2) is 52.5 Å². The van der Waals surface area contributed by atoms with Gasteiger partial charge in [-0.05, 0) is 31.0 Å². The van der Waals surface area contributed by atoms with Crippen molar-refractivity contribution >= 4 is 40.6 Å². The van der Waals surface area contributed by atoms with Gasteiger partial charge in [-0.15, -0.1) is 0 Å². The van der Waals surface area contributed by atoms with Crippen molar-refractivity contribution in [3.8, 4) is 5.75 Å². The summed E-state index contributed by atoms with van der Waals surface area (Å²) in [7, 11) is 0. The maximum atomic E-state index is 14.0. The SMILES string of the molecule is O=C1CCc2c(OC[C@@]3(O)CCN(c4ncc(Cl)cc4Cl)C[C@@H]3O)ccc(F)c2N1. The van der Waals surface area contributed by atoms with Crippen LogP contribution < -0.4 is 15.0 Å². The number of hydrogen-bond acceptors (Lipinski definition) is 6. The van der Waals surface area contributed by atoms with Crippen molar-refractivity contribution in [3.63, 3.8) is 0 Å². The monoisotopic (exact) mass is 455 g/mol. The van der Waals surface area contributed by atoms with E-state index in [1.165, 1.54) is 18.3 Å². The number of piperidine rings is 1. The molecule has 0 radical (unpaired) electrons. The lowest BCUT2D eigenvalue weighted by atomic mass is 9.89. The number of hydrogen-bond donors (Lipinski definition) is 3. The Morgan fingerprint density at radius 3 is 2.90 bits per heavy atom. The second-order valence-corrected chi connectivity index (χ2v) is 8.35. The lowest BCUT2D eigenvalue weighted by molar-refractivity contribution is -0.116. The summed E-state index contributed by atoms with van der Waals surface area (Å²) < 4.78 is 19.8. The number of rotatable bonds is 4. The van der Waals surface area contributed by atoms with Crippen molar-refractivity contribution in [1.29, 1.82) is 0 Å². The zero-order chi connectivity index (χ0) is 21.5. The number of nitrogens with one attached hydrogen (secondary N) is 1. The summed E-state index contributed by atoms with van der Waals surface area (Å²) in [5.74, 6) is 0.0579. The van der Waals surface area contributed by atoms with Gasteiger partial charge in [-0.1, -0.05) is 23.2 Å². The topological polar surface area (TPSA) is 94.9 Å². The first kappa shape index (κ1) is 21.1. The van der Waals surface area contributed by atoms with Crippen LogP contribution >= 0.6 is 23.2 Å². The summed E-state index contributed by atoms with van der Waals surface area (Å²) in [6, 6.07) is 4.24. The van der Waals surface area contributed by atoms with Crippen molar-refractivity contribution in [2.24, 2.45) is 0 Å². The standard InChI is InChI=1S/C20H20Cl2FN3O4/c21-11-7-13(22)19(24-8-11)26-6-5-20(29,16(27)9-26)10-30-15-3-2-14(23)18-12(15)1-4-17(28)25-18/h2-3,7-8,16,27,29H,1,4-6,9-10H2,(H,25,28)/t16-,20-/m0/s1. The smallest absolute Gasteiger partial charge is 0.224 e. The van der Waals surface area contributed by atoms with Crippen LogP contribution in [0.15, 0.2) is 24.4 Å². The quantitative estimate of drug-likeness (QED) is 0.655. The van der Waals surface area contributed by atoms with Crippen LogP contribution in [0.4, 0.5) is 15.9 Å². The van der Waals surface area contributed by atoms with Crippen LogP contribution in [0, 0.1) is 5.82 Å². The maximum absolute atomic E-state index is 14.0. The predicted molar refractivity (Wildman–Crippen MR) is 111 cm³/mol. The highest BCUT2D eigenvalue weighted by Crippen LogP contribution is 2.35. The molecule has 1 fully saturated rings. The van der Waals surface area contributed by atoms with Gasteiger partial charge in [-0.2, -0.15) is 0 Å². The fourth-order valence-electron chi connectivity index (χ4n) is 3.73. The van der Waals surface area contributed by atoms with Crippen LogP contribution in [-0.2, 0) is 11.2 Å². The van der Waals surface area contributed by atoms with E-state index >= 15 is 0 Å². The Hall–Kier alpha value is -2.13. The Kier molecular flexibility index (Phi) is 5.76. The average Bonchev–Trinajstić information content (AvgIpc) is 2.70. The second kappa shape index (κ2) is 8.19. The molecule has 2 atom stereocenters. The number of benzene rings is 1. The number of fused-ring (bicyclic) bond motifs is 1. The number of amides is 1. The number of pyridine rings is 1. The molecule has 2 aromatic rings. The minimum Gasteiger partial charge on any atom is -0.490 e. The van der Waals surface area contributed by atoms with E-state index in [0.717, 1.165) is 0 Å². The first-order valence-electron chi connectivity index (χ1n) is 9.47. The van der Waals surface area contributed by atoms with Crippen LogP contribution in [0.3, 0.4) is 0 Å². The van der Waals surface area contributed by atoms with Crippen molar-refractivity contribution in [2.75, 3.05) is 29.9 Å². The summed E-state index contributed by atoms with van der Waals surface area (Å²) in [6.07, 6.45) is 1.10. The molecule has 2 aliphatic heterocycles. The first-order valence-corrected chi connectivity index (χ1v) is 10.2. The third-order valence-corrected chi connectivity index (χ3v) is 5.96. The van der Waals surface area contributed by atoms with Crippen LogP contribution in [0.1, 0.15) is 18.4 Å². The van der Waals surface area contributed by atoms with Gasteiger partial charge in [0.1, 0.15) is 35.7 Å². The number of carbonyl (C=O) groups is 1. The van der Waals surface area contributed by atoms with Gasteiger partial charge in [0.25, 0.3) is 0 Å². The highest BCUT2D eigenvalue weighted by atomic mass is 35.5. The number of aromatic nitrogens is 1. The van der Waals surface area contributed by atoms with Crippen molar-refractivity contribution in [2.45, 2.75) is 31.0 Å². The number of carbonyl (C=O) groups excluding carboxylic acids is 1. The van der Waals surface area contributed by atoms with Crippen molar-refractivity contribution in [3.05, 3.63) is 45.8 Å². The molecule has 10 heteroatoms. The summed E-state index contributed by atoms with van der Waals surface area (Å²) in [6.45, 7) is 0.310. The molecule has 30 heavy (non-hydrogen) atoms. The first-order chi connectivity index (χ1) is 14.3. The second-order valence-electron chi connectivity index (χ2n) is 7.51. The molecule has 4 rings (SSSR count). The summed E-state index contributed by atoms with van der Waals surface area (Å²) in [5.41, 5.74) is -0.856. The molecule has 3 N–H and O–H groups in total. The highest BCUT2D eigenvalue weighted by molar-refractivity contribution is 6.36. The molecule has 0 saturated carbocycles. The lowest BCUT2D eigenvalue weighted by Crippen LogP contribution is -2.58. The van der Waals surface area contributed by atoms with Gasteiger partial charge < -0.3 is 25.2 Å². The van der Waals surface area contributed by atoms with Crippen LogP contribution in [0.25, 0.3) is 0 Å². The summed E-state index contributed by atoms with van der Waals surface area (Å²) in [5, 5.41) is 24.9. The Morgan fingerprint density at radius 1 is 1.37 bits per heavy atom. The number of ether oxygens (including phenoxy) is 1. The van der Waals surface area contributed by atoms with Gasteiger partial charge >= 0.3 is 0 Å². The Morgan fingerprint density at radius 2 is 2.17 bits per heavy atom. The molecule has 2 aliphatic rings. The van der Waals surface area contributed by atoms with Gasteiger partial charge in [-0.3, -0.25) is 4.79 Å². The average molecular weight is 456 g/mol. The van der Waals surface area contributed by atoms with E-state index < -0.39 is 17.5 Å². The highest BCUT2D eigenvalue weighted by Gasteiger charge is 2.42. The van der Waals surface area contributed by atoms with Crippen molar-refractivity contribution in [1.82, 2.24) is 4.98 Å². The van der Waals surface area contributed by atoms with Crippen LogP contribution in [0.5, 0.6) is 5.75 Å². The summed E-state index contributed by atoms with van der Waals surface area (Å²) in [4.78, 5) is 17.5. The molecule has 7 nitrogen and oxygen atoms in total. The van der Waals surface area contributed by atoms with E-state index in [9.17, 15) is 19.4 Å². The largest absolute Gasteiger partial charge is 0.490 e. The molecule has 1 saturated heterocycles. The van der Waals surface area contributed by atoms with Gasteiger partial charge in [0.2, 0.25) is 5.91 Å². The predicted octanol–water partition coefficient (Wildman–Crippen LogP) is 2.79. The van der Waals surface area contributed by atoms with E-state index in [-0.39, 0.29) is 37.6 Å². The Balaban J connectivity index is 1.46. The normalized spacial score (nSPS) is 23.7. The lowest BCUT2D eigenvalue weighted by Gasteiger charge is -2.42.